The van der Waals surface area contributed by atoms with E-state index in [1.54, 1.807) is 11.8 Å². The van der Waals surface area contributed by atoms with Crippen LogP contribution in [0, 0.1) is 6.92 Å². The van der Waals surface area contributed by atoms with Crippen LogP contribution in [0.5, 0.6) is 0 Å². The summed E-state index contributed by atoms with van der Waals surface area (Å²) < 4.78 is 0. The lowest BCUT2D eigenvalue weighted by atomic mass is 10.1. The smallest absolute Gasteiger partial charge is 0.320 e. The zero-order chi connectivity index (χ0) is 12.7. The minimum Gasteiger partial charge on any atom is -0.480 e. The summed E-state index contributed by atoms with van der Waals surface area (Å²) in [6.45, 7) is 2.11. The third kappa shape index (κ3) is 5.24. The number of carbonyl (C=O) groups is 1. The van der Waals surface area contributed by atoms with Crippen molar-refractivity contribution in [1.29, 1.82) is 0 Å². The van der Waals surface area contributed by atoms with Gasteiger partial charge in [0.05, 0.1) is 0 Å². The van der Waals surface area contributed by atoms with Gasteiger partial charge in [-0.05, 0) is 42.4 Å². The molecule has 0 bridgehead atoms. The number of carboxylic acids is 1. The Morgan fingerprint density at radius 2 is 2.12 bits per heavy atom. The zero-order valence-electron chi connectivity index (χ0n) is 10.1. The molecule has 0 radical (unpaired) electrons. The van der Waals surface area contributed by atoms with Crippen molar-refractivity contribution in [2.24, 2.45) is 5.73 Å². The second kappa shape index (κ2) is 7.35. The first-order chi connectivity index (χ1) is 8.11. The molecule has 0 amide bonds. The Bertz CT molecular complexity index is 368. The first-order valence-corrected chi connectivity index (χ1v) is 6.87. The van der Waals surface area contributed by atoms with Gasteiger partial charge in [0, 0.05) is 0 Å². The molecule has 0 aliphatic rings. The molecule has 0 aliphatic heterocycles. The normalized spacial score (nSPS) is 12.4. The number of aliphatic carboxylic acids is 1. The van der Waals surface area contributed by atoms with Crippen molar-refractivity contribution >= 4 is 17.7 Å². The standard InChI is InChI=1S/C13H19NO2S/c1-10-4-2-3-5-11(10)6-8-17-9-7-12(14)13(15)16/h2-5,12H,6-9,14H2,1H3,(H,15,16). The molecule has 94 valence electrons. The molecule has 1 aromatic rings. The minimum atomic E-state index is -0.912. The predicted octanol–water partition coefficient (Wildman–Crippen LogP) is 2.07. The zero-order valence-corrected chi connectivity index (χ0v) is 10.9. The molecule has 0 fully saturated rings. The SMILES string of the molecule is Cc1ccccc1CCSCCC(N)C(=O)O. The van der Waals surface area contributed by atoms with Crippen LogP contribution >= 0.6 is 11.8 Å². The highest BCUT2D eigenvalue weighted by molar-refractivity contribution is 7.99. The Kier molecular flexibility index (Phi) is 6.08. The Hall–Kier alpha value is -1.00. The van der Waals surface area contributed by atoms with Crippen LogP contribution in [0.4, 0.5) is 0 Å². The molecule has 0 saturated carbocycles. The van der Waals surface area contributed by atoms with Gasteiger partial charge >= 0.3 is 5.97 Å². The fourth-order valence-corrected chi connectivity index (χ4v) is 2.50. The number of benzene rings is 1. The van der Waals surface area contributed by atoms with E-state index in [-0.39, 0.29) is 0 Å². The summed E-state index contributed by atoms with van der Waals surface area (Å²) in [7, 11) is 0. The lowest BCUT2D eigenvalue weighted by molar-refractivity contribution is -0.138. The van der Waals surface area contributed by atoms with Crippen LogP contribution in [0.3, 0.4) is 0 Å². The molecule has 1 unspecified atom stereocenters. The maximum absolute atomic E-state index is 10.5. The van der Waals surface area contributed by atoms with Crippen molar-refractivity contribution in [3.63, 3.8) is 0 Å². The van der Waals surface area contributed by atoms with E-state index in [4.69, 9.17) is 10.8 Å². The number of hydrogen-bond acceptors (Lipinski definition) is 3. The molecule has 4 heteroatoms. The molecule has 0 saturated heterocycles. The van der Waals surface area contributed by atoms with Gasteiger partial charge in [0.2, 0.25) is 0 Å². The highest BCUT2D eigenvalue weighted by Gasteiger charge is 2.10. The topological polar surface area (TPSA) is 63.3 Å². The van der Waals surface area contributed by atoms with Crippen LogP contribution in [0.25, 0.3) is 0 Å². The maximum atomic E-state index is 10.5. The van der Waals surface area contributed by atoms with Crippen LogP contribution in [-0.2, 0) is 11.2 Å². The average Bonchev–Trinajstić information content (AvgIpc) is 2.30. The van der Waals surface area contributed by atoms with Crippen molar-refractivity contribution in [1.82, 2.24) is 0 Å². The lowest BCUT2D eigenvalue weighted by Gasteiger charge is -2.07. The second-order valence-electron chi connectivity index (χ2n) is 4.02. The van der Waals surface area contributed by atoms with E-state index < -0.39 is 12.0 Å². The molecule has 0 heterocycles. The van der Waals surface area contributed by atoms with Gasteiger partial charge in [-0.25, -0.2) is 0 Å². The molecule has 1 atom stereocenters. The number of carboxylic acid groups (broad SMARTS) is 1. The van der Waals surface area contributed by atoms with E-state index in [0.29, 0.717) is 6.42 Å². The van der Waals surface area contributed by atoms with Crippen LogP contribution in [0.1, 0.15) is 17.5 Å². The van der Waals surface area contributed by atoms with Crippen LogP contribution in [0.15, 0.2) is 24.3 Å². The summed E-state index contributed by atoms with van der Waals surface area (Å²) >= 11 is 1.76. The number of aryl methyl sites for hydroxylation is 2. The van der Waals surface area contributed by atoms with Gasteiger partial charge in [-0.15, -0.1) is 0 Å². The number of thioether (sulfide) groups is 1. The largest absolute Gasteiger partial charge is 0.480 e. The Morgan fingerprint density at radius 3 is 2.76 bits per heavy atom. The third-order valence-electron chi connectivity index (χ3n) is 2.67. The van der Waals surface area contributed by atoms with E-state index >= 15 is 0 Å². The molecule has 3 N–H and O–H groups in total. The molecule has 3 nitrogen and oxygen atoms in total. The molecule has 1 aromatic carbocycles. The summed E-state index contributed by atoms with van der Waals surface area (Å²) in [4.78, 5) is 10.5. The molecule has 0 spiro atoms. The quantitative estimate of drug-likeness (QED) is 0.730. The van der Waals surface area contributed by atoms with E-state index in [9.17, 15) is 4.79 Å². The van der Waals surface area contributed by atoms with Gasteiger partial charge in [0.15, 0.2) is 0 Å². The van der Waals surface area contributed by atoms with Gasteiger partial charge in [-0.1, -0.05) is 24.3 Å². The highest BCUT2D eigenvalue weighted by Crippen LogP contribution is 2.12. The van der Waals surface area contributed by atoms with Gasteiger partial charge in [-0.3, -0.25) is 4.79 Å². The highest BCUT2D eigenvalue weighted by atomic mass is 32.2. The monoisotopic (exact) mass is 253 g/mol. The van der Waals surface area contributed by atoms with E-state index in [1.165, 1.54) is 11.1 Å². The fourth-order valence-electron chi connectivity index (χ4n) is 1.51. The molecular weight excluding hydrogens is 234 g/mol. The second-order valence-corrected chi connectivity index (χ2v) is 5.25. The summed E-state index contributed by atoms with van der Waals surface area (Å²) in [5.74, 6) is 0.904. The fraction of sp³-hybridized carbons (Fsp3) is 0.462. The predicted molar refractivity (Wildman–Crippen MR) is 72.4 cm³/mol. The molecule has 1 rings (SSSR count). The number of nitrogens with two attached hydrogens (primary N) is 1. The first-order valence-electron chi connectivity index (χ1n) is 5.72. The van der Waals surface area contributed by atoms with Crippen molar-refractivity contribution in [3.8, 4) is 0 Å². The number of rotatable bonds is 7. The Morgan fingerprint density at radius 1 is 1.41 bits per heavy atom. The molecule has 0 aliphatic carbocycles. The molecule has 0 aromatic heterocycles. The number of hydrogen-bond donors (Lipinski definition) is 2. The van der Waals surface area contributed by atoms with Crippen molar-refractivity contribution in [3.05, 3.63) is 35.4 Å². The summed E-state index contributed by atoms with van der Waals surface area (Å²) in [5, 5.41) is 8.62. The lowest BCUT2D eigenvalue weighted by Crippen LogP contribution is -2.30. The van der Waals surface area contributed by atoms with E-state index in [2.05, 4.69) is 19.1 Å². The van der Waals surface area contributed by atoms with Gasteiger partial charge in [0.1, 0.15) is 6.04 Å². The van der Waals surface area contributed by atoms with Crippen molar-refractivity contribution < 1.29 is 9.90 Å². The van der Waals surface area contributed by atoms with Gasteiger partial charge in [-0.2, -0.15) is 11.8 Å². The Balaban J connectivity index is 2.17. The van der Waals surface area contributed by atoms with Gasteiger partial charge in [0.25, 0.3) is 0 Å². The molecular formula is C13H19NO2S. The summed E-state index contributed by atoms with van der Waals surface area (Å²) in [6.07, 6.45) is 1.56. The van der Waals surface area contributed by atoms with Crippen LogP contribution in [-0.4, -0.2) is 28.6 Å². The van der Waals surface area contributed by atoms with Crippen molar-refractivity contribution in [2.45, 2.75) is 25.8 Å². The average molecular weight is 253 g/mol. The summed E-state index contributed by atoms with van der Waals surface area (Å²) in [5.41, 5.74) is 8.10. The van der Waals surface area contributed by atoms with Crippen molar-refractivity contribution in [2.75, 3.05) is 11.5 Å². The Labute approximate surface area is 106 Å². The minimum absolute atomic E-state index is 0.535. The van der Waals surface area contributed by atoms with Gasteiger partial charge < -0.3 is 10.8 Å². The van der Waals surface area contributed by atoms with Crippen LogP contribution < -0.4 is 5.73 Å². The summed E-state index contributed by atoms with van der Waals surface area (Å²) in [6, 6.07) is 7.62. The first kappa shape index (κ1) is 14.1. The third-order valence-corrected chi connectivity index (χ3v) is 3.68. The van der Waals surface area contributed by atoms with Crippen LogP contribution in [0.2, 0.25) is 0 Å². The molecule has 17 heavy (non-hydrogen) atoms. The van der Waals surface area contributed by atoms with E-state index in [1.807, 2.05) is 12.1 Å². The van der Waals surface area contributed by atoms with E-state index in [0.717, 1.165) is 17.9 Å². The maximum Gasteiger partial charge on any atom is 0.320 e.